The third-order valence-corrected chi connectivity index (χ3v) is 4.60. The van der Waals surface area contributed by atoms with Crippen LogP contribution < -0.4 is 10.5 Å². The molecule has 2 rings (SSSR count). The first-order valence-corrected chi connectivity index (χ1v) is 7.87. The van der Waals surface area contributed by atoms with Crippen molar-refractivity contribution in [3.8, 4) is 0 Å². The molecule has 0 spiro atoms. The van der Waals surface area contributed by atoms with E-state index in [4.69, 9.17) is 18.0 Å². The number of rotatable bonds is 4. The number of hydrogen-bond donors (Lipinski definition) is 2. The molecule has 0 amide bonds. The highest BCUT2D eigenvalue weighted by molar-refractivity contribution is 7.92. The molecule has 0 saturated heterocycles. The highest BCUT2D eigenvalue weighted by Crippen LogP contribution is 2.21. The maximum absolute atomic E-state index is 13.1. The number of thiocarbonyl (C=S) groups is 1. The summed E-state index contributed by atoms with van der Waals surface area (Å²) in [6.45, 7) is 1.64. The van der Waals surface area contributed by atoms with Crippen molar-refractivity contribution < 1.29 is 12.8 Å². The van der Waals surface area contributed by atoms with Gasteiger partial charge in [-0.15, -0.1) is 0 Å². The van der Waals surface area contributed by atoms with E-state index in [1.54, 1.807) is 13.0 Å². The van der Waals surface area contributed by atoms with Crippen LogP contribution in [0, 0.1) is 12.7 Å². The summed E-state index contributed by atoms with van der Waals surface area (Å²) >= 11 is 4.85. The van der Waals surface area contributed by atoms with Gasteiger partial charge in [-0.05, 0) is 42.8 Å². The number of nitrogens with one attached hydrogen (secondary N) is 1. The predicted octanol–water partition coefficient (Wildman–Crippen LogP) is 2.57. The van der Waals surface area contributed by atoms with Crippen molar-refractivity contribution in [1.29, 1.82) is 0 Å². The van der Waals surface area contributed by atoms with Crippen molar-refractivity contribution in [3.63, 3.8) is 0 Å². The van der Waals surface area contributed by atoms with Gasteiger partial charge in [0.2, 0.25) is 0 Å². The number of sulfonamides is 1. The van der Waals surface area contributed by atoms with E-state index < -0.39 is 15.8 Å². The van der Waals surface area contributed by atoms with Crippen LogP contribution in [0.3, 0.4) is 0 Å². The molecule has 2 aromatic rings. The minimum atomic E-state index is -3.80. The van der Waals surface area contributed by atoms with Gasteiger partial charge in [0, 0.05) is 5.56 Å². The molecule has 0 saturated carbocycles. The lowest BCUT2D eigenvalue weighted by Gasteiger charge is -2.11. The zero-order chi connectivity index (χ0) is 15.6. The van der Waals surface area contributed by atoms with E-state index in [0.29, 0.717) is 11.1 Å². The lowest BCUT2D eigenvalue weighted by atomic mass is 10.1. The number of aryl methyl sites for hydroxylation is 1. The fourth-order valence-electron chi connectivity index (χ4n) is 1.87. The molecule has 0 heterocycles. The van der Waals surface area contributed by atoms with Crippen LogP contribution in [0.25, 0.3) is 0 Å². The first-order chi connectivity index (χ1) is 9.79. The Balaban J connectivity index is 2.38. The van der Waals surface area contributed by atoms with Crippen LogP contribution in [0.5, 0.6) is 0 Å². The molecule has 0 bridgehead atoms. The Labute approximate surface area is 127 Å². The molecule has 2 aromatic carbocycles. The summed E-state index contributed by atoms with van der Waals surface area (Å²) in [5, 5.41) is 0. The molecular weight excluding hydrogens is 311 g/mol. The molecule has 4 nitrogen and oxygen atoms in total. The standard InChI is InChI=1S/C14H13FN2O2S2/c1-9-7-10(14(16)20)5-6-13(9)21(18,19)17-12-4-2-3-11(15)8-12/h2-8,17H,1H3,(H2,16,20). The first kappa shape index (κ1) is 15.4. The van der Waals surface area contributed by atoms with Crippen molar-refractivity contribution in [2.45, 2.75) is 11.8 Å². The minimum Gasteiger partial charge on any atom is -0.389 e. The molecule has 0 aliphatic heterocycles. The van der Waals surface area contributed by atoms with Crippen molar-refractivity contribution in [2.24, 2.45) is 5.73 Å². The Morgan fingerprint density at radius 1 is 1.24 bits per heavy atom. The third-order valence-electron chi connectivity index (χ3n) is 2.83. The van der Waals surface area contributed by atoms with Crippen molar-refractivity contribution in [2.75, 3.05) is 4.72 Å². The molecule has 0 aromatic heterocycles. The van der Waals surface area contributed by atoms with Gasteiger partial charge >= 0.3 is 0 Å². The second-order valence-electron chi connectivity index (χ2n) is 4.46. The van der Waals surface area contributed by atoms with Crippen LogP contribution in [0.15, 0.2) is 47.4 Å². The molecule has 7 heteroatoms. The van der Waals surface area contributed by atoms with Crippen LogP contribution in [0.2, 0.25) is 0 Å². The van der Waals surface area contributed by atoms with Crippen LogP contribution in [-0.2, 0) is 10.0 Å². The molecule has 0 atom stereocenters. The van der Waals surface area contributed by atoms with Crippen LogP contribution >= 0.6 is 12.2 Å². The average Bonchev–Trinajstić information content (AvgIpc) is 2.37. The lowest BCUT2D eigenvalue weighted by Crippen LogP contribution is -2.16. The van der Waals surface area contributed by atoms with Crippen LogP contribution in [-0.4, -0.2) is 13.4 Å². The van der Waals surface area contributed by atoms with Gasteiger partial charge in [-0.25, -0.2) is 12.8 Å². The predicted molar refractivity (Wildman–Crippen MR) is 84.3 cm³/mol. The zero-order valence-corrected chi connectivity index (χ0v) is 12.8. The molecule has 0 fully saturated rings. The van der Waals surface area contributed by atoms with Gasteiger partial charge in [-0.1, -0.05) is 24.4 Å². The van der Waals surface area contributed by atoms with Gasteiger partial charge in [0.15, 0.2) is 0 Å². The van der Waals surface area contributed by atoms with E-state index in [9.17, 15) is 12.8 Å². The summed E-state index contributed by atoms with van der Waals surface area (Å²) in [4.78, 5) is 0.284. The largest absolute Gasteiger partial charge is 0.389 e. The van der Waals surface area contributed by atoms with E-state index >= 15 is 0 Å². The highest BCUT2D eigenvalue weighted by Gasteiger charge is 2.17. The summed E-state index contributed by atoms with van der Waals surface area (Å²) in [6, 6.07) is 9.80. The number of benzene rings is 2. The van der Waals surface area contributed by atoms with Crippen LogP contribution in [0.4, 0.5) is 10.1 Å². The quantitative estimate of drug-likeness (QED) is 0.848. The second-order valence-corrected chi connectivity index (χ2v) is 6.55. The molecular formula is C14H13FN2O2S2. The molecule has 0 aliphatic carbocycles. The van der Waals surface area contributed by atoms with Crippen LogP contribution in [0.1, 0.15) is 11.1 Å². The summed E-state index contributed by atoms with van der Waals surface area (Å²) < 4.78 is 40.1. The molecule has 0 aliphatic rings. The summed E-state index contributed by atoms with van der Waals surface area (Å²) in [7, 11) is -3.80. The second kappa shape index (κ2) is 5.79. The van der Waals surface area contributed by atoms with Crippen molar-refractivity contribution >= 4 is 32.9 Å². The summed E-state index contributed by atoms with van der Waals surface area (Å²) in [5.41, 5.74) is 6.76. The maximum Gasteiger partial charge on any atom is 0.262 e. The molecule has 0 unspecified atom stereocenters. The summed E-state index contributed by atoms with van der Waals surface area (Å²) in [5.74, 6) is -0.518. The SMILES string of the molecule is Cc1cc(C(N)=S)ccc1S(=O)(=O)Nc1cccc(F)c1. The Hall–Kier alpha value is -1.99. The Bertz CT molecular complexity index is 804. The van der Waals surface area contributed by atoms with E-state index in [1.807, 2.05) is 0 Å². The number of halogens is 1. The minimum absolute atomic E-state index is 0.0896. The number of nitrogens with two attached hydrogens (primary N) is 1. The molecule has 3 N–H and O–H groups in total. The van der Waals surface area contributed by atoms with Crippen molar-refractivity contribution in [1.82, 2.24) is 0 Å². The average molecular weight is 324 g/mol. The molecule has 21 heavy (non-hydrogen) atoms. The highest BCUT2D eigenvalue weighted by atomic mass is 32.2. The Morgan fingerprint density at radius 2 is 1.95 bits per heavy atom. The monoisotopic (exact) mass is 324 g/mol. The van der Waals surface area contributed by atoms with Gasteiger partial charge in [-0.3, -0.25) is 4.72 Å². The number of anilines is 1. The lowest BCUT2D eigenvalue weighted by molar-refractivity contribution is 0.600. The zero-order valence-electron chi connectivity index (χ0n) is 11.1. The van der Waals surface area contributed by atoms with Gasteiger partial charge < -0.3 is 5.73 Å². The fourth-order valence-corrected chi connectivity index (χ4v) is 3.27. The number of hydrogen-bond acceptors (Lipinski definition) is 3. The van der Waals surface area contributed by atoms with Gasteiger partial charge in [0.1, 0.15) is 10.8 Å². The van der Waals surface area contributed by atoms with E-state index in [2.05, 4.69) is 4.72 Å². The normalized spacial score (nSPS) is 11.1. The Kier molecular flexibility index (Phi) is 4.24. The van der Waals surface area contributed by atoms with Crippen molar-refractivity contribution in [3.05, 3.63) is 59.4 Å². The fraction of sp³-hybridized carbons (Fsp3) is 0.0714. The van der Waals surface area contributed by atoms with Gasteiger partial charge in [0.05, 0.1) is 10.6 Å². The Morgan fingerprint density at radius 3 is 2.52 bits per heavy atom. The summed E-state index contributed by atoms with van der Waals surface area (Å²) in [6.07, 6.45) is 0. The smallest absolute Gasteiger partial charge is 0.262 e. The van der Waals surface area contributed by atoms with E-state index in [0.717, 1.165) is 6.07 Å². The maximum atomic E-state index is 13.1. The van der Waals surface area contributed by atoms with Gasteiger partial charge in [0.25, 0.3) is 10.0 Å². The third kappa shape index (κ3) is 3.56. The molecule has 0 radical (unpaired) electrons. The topological polar surface area (TPSA) is 72.2 Å². The first-order valence-electron chi connectivity index (χ1n) is 5.98. The van der Waals surface area contributed by atoms with E-state index in [-0.39, 0.29) is 15.6 Å². The van der Waals surface area contributed by atoms with E-state index in [1.165, 1.54) is 30.3 Å². The molecule has 110 valence electrons. The van der Waals surface area contributed by atoms with Gasteiger partial charge in [-0.2, -0.15) is 0 Å².